The van der Waals surface area contributed by atoms with E-state index in [0.717, 1.165) is 0 Å². The number of methoxy groups -OCH3 is 2. The van der Waals surface area contributed by atoms with Crippen LogP contribution in [0.3, 0.4) is 0 Å². The molecule has 6 heteroatoms. The van der Waals surface area contributed by atoms with Crippen molar-refractivity contribution < 1.29 is 28.6 Å². The molecule has 0 radical (unpaired) electrons. The van der Waals surface area contributed by atoms with Crippen LogP contribution < -0.4 is 4.74 Å². The molecule has 0 atom stereocenters. The van der Waals surface area contributed by atoms with Gasteiger partial charge in [-0.05, 0) is 47.5 Å². The smallest absolute Gasteiger partial charge is 0.338 e. The predicted octanol–water partition coefficient (Wildman–Crippen LogP) is 4.63. The van der Waals surface area contributed by atoms with Gasteiger partial charge in [-0.3, -0.25) is 0 Å². The summed E-state index contributed by atoms with van der Waals surface area (Å²) in [6, 6.07) is 19.0. The molecule has 0 aliphatic carbocycles. The zero-order valence-electron chi connectivity index (χ0n) is 16.5. The second-order valence-corrected chi connectivity index (χ2v) is 6.25. The van der Waals surface area contributed by atoms with Gasteiger partial charge in [-0.15, -0.1) is 0 Å². The monoisotopic (exact) mass is 404 g/mol. The van der Waals surface area contributed by atoms with Crippen LogP contribution >= 0.6 is 0 Å². The molecule has 0 fully saturated rings. The van der Waals surface area contributed by atoms with Crippen LogP contribution in [-0.4, -0.2) is 31.3 Å². The molecule has 2 aromatic carbocycles. The van der Waals surface area contributed by atoms with Crippen molar-refractivity contribution in [3.63, 3.8) is 0 Å². The van der Waals surface area contributed by atoms with Crippen LogP contribution in [0.1, 0.15) is 22.6 Å². The number of furan rings is 1. The largest absolute Gasteiger partial charge is 0.497 e. The maximum Gasteiger partial charge on any atom is 0.338 e. The fourth-order valence-electron chi connectivity index (χ4n) is 2.83. The number of benzene rings is 2. The van der Waals surface area contributed by atoms with Crippen LogP contribution in [0.4, 0.5) is 0 Å². The lowest BCUT2D eigenvalue weighted by molar-refractivity contribution is -0.133. The summed E-state index contributed by atoms with van der Waals surface area (Å²) in [5.41, 5.74) is 1.59. The third-order valence-corrected chi connectivity index (χ3v) is 4.34. The van der Waals surface area contributed by atoms with Gasteiger partial charge in [-0.2, -0.15) is 0 Å². The van der Waals surface area contributed by atoms with Crippen molar-refractivity contribution in [3.8, 4) is 5.75 Å². The average Bonchev–Trinajstić information content (AvgIpc) is 3.23. The fraction of sp³-hybridized carbons (Fsp3) is 0.0833. The standard InChI is InChI=1S/C24H20O6/c1-28-18-10-8-17(9-11-18)21(23(25)26)14-19-12-13-20(30-19)15-22(24(27)29-2)16-6-4-3-5-7-16/h3-15H,1-2H3,(H,25,26)/b21-14+,22-15+. The lowest BCUT2D eigenvalue weighted by atomic mass is 10.0. The van der Waals surface area contributed by atoms with Crippen molar-refractivity contribution in [2.24, 2.45) is 0 Å². The van der Waals surface area contributed by atoms with E-state index in [9.17, 15) is 14.7 Å². The average molecular weight is 404 g/mol. The molecule has 0 aliphatic heterocycles. The summed E-state index contributed by atoms with van der Waals surface area (Å²) >= 11 is 0. The fourth-order valence-corrected chi connectivity index (χ4v) is 2.83. The van der Waals surface area contributed by atoms with Crippen molar-refractivity contribution in [2.75, 3.05) is 14.2 Å². The van der Waals surface area contributed by atoms with Gasteiger partial charge in [0.25, 0.3) is 0 Å². The third kappa shape index (κ3) is 4.86. The van der Waals surface area contributed by atoms with Crippen LogP contribution in [0.2, 0.25) is 0 Å². The molecule has 0 unspecified atom stereocenters. The van der Waals surface area contributed by atoms with Crippen molar-refractivity contribution in [1.82, 2.24) is 0 Å². The van der Waals surface area contributed by atoms with Gasteiger partial charge in [-0.25, -0.2) is 9.59 Å². The zero-order chi connectivity index (χ0) is 21.5. The molecule has 0 saturated heterocycles. The van der Waals surface area contributed by atoms with E-state index in [1.807, 2.05) is 18.2 Å². The molecule has 6 nitrogen and oxygen atoms in total. The quantitative estimate of drug-likeness (QED) is 0.457. The van der Waals surface area contributed by atoms with E-state index in [1.165, 1.54) is 13.2 Å². The first-order chi connectivity index (χ1) is 14.5. The minimum atomic E-state index is -1.09. The lowest BCUT2D eigenvalue weighted by Gasteiger charge is -2.05. The van der Waals surface area contributed by atoms with Crippen LogP contribution in [0.25, 0.3) is 23.3 Å². The Morgan fingerprint density at radius 2 is 1.37 bits per heavy atom. The number of carbonyl (C=O) groups excluding carboxylic acids is 1. The molecule has 0 spiro atoms. The lowest BCUT2D eigenvalue weighted by Crippen LogP contribution is -2.03. The van der Waals surface area contributed by atoms with E-state index in [0.29, 0.717) is 34.0 Å². The van der Waals surface area contributed by atoms with Crippen molar-refractivity contribution in [1.29, 1.82) is 0 Å². The van der Waals surface area contributed by atoms with Crippen molar-refractivity contribution in [3.05, 3.63) is 89.4 Å². The van der Waals surface area contributed by atoms with E-state index >= 15 is 0 Å². The van der Waals surface area contributed by atoms with Crippen LogP contribution in [0.15, 0.2) is 71.1 Å². The predicted molar refractivity (Wildman–Crippen MR) is 114 cm³/mol. The summed E-state index contributed by atoms with van der Waals surface area (Å²) in [7, 11) is 2.85. The molecule has 3 aromatic rings. The molecule has 1 N–H and O–H groups in total. The van der Waals surface area contributed by atoms with Gasteiger partial charge in [0.1, 0.15) is 17.3 Å². The van der Waals surface area contributed by atoms with Gasteiger partial charge in [0, 0.05) is 0 Å². The normalized spacial score (nSPS) is 11.8. The molecule has 1 aromatic heterocycles. The highest BCUT2D eigenvalue weighted by Gasteiger charge is 2.15. The number of ether oxygens (including phenoxy) is 2. The molecule has 30 heavy (non-hydrogen) atoms. The number of aliphatic carboxylic acids is 1. The van der Waals surface area contributed by atoms with Gasteiger partial charge in [0.2, 0.25) is 0 Å². The summed E-state index contributed by atoms with van der Waals surface area (Å²) in [6.07, 6.45) is 2.99. The number of rotatable bonds is 7. The summed E-state index contributed by atoms with van der Waals surface area (Å²) in [4.78, 5) is 23.9. The molecule has 0 aliphatic rings. The highest BCUT2D eigenvalue weighted by molar-refractivity contribution is 6.21. The third-order valence-electron chi connectivity index (χ3n) is 4.34. The summed E-state index contributed by atoms with van der Waals surface area (Å²) in [5, 5.41) is 9.61. The van der Waals surface area contributed by atoms with E-state index in [2.05, 4.69) is 0 Å². The topological polar surface area (TPSA) is 86.0 Å². The zero-order valence-corrected chi connectivity index (χ0v) is 16.5. The van der Waals surface area contributed by atoms with E-state index in [-0.39, 0.29) is 5.57 Å². The first-order valence-corrected chi connectivity index (χ1v) is 9.06. The Morgan fingerprint density at radius 1 is 0.800 bits per heavy atom. The van der Waals surface area contributed by atoms with E-state index in [1.54, 1.807) is 61.7 Å². The Balaban J connectivity index is 1.95. The Morgan fingerprint density at radius 3 is 1.90 bits per heavy atom. The SMILES string of the molecule is COC(=O)/C(=C/c1ccc(/C=C(/C(=O)O)c2ccc(OC)cc2)o1)c1ccccc1. The Bertz CT molecular complexity index is 1090. The van der Waals surface area contributed by atoms with Crippen LogP contribution in [0.5, 0.6) is 5.75 Å². The molecule has 0 bridgehead atoms. The molecule has 3 rings (SSSR count). The second-order valence-electron chi connectivity index (χ2n) is 6.25. The summed E-state index contributed by atoms with van der Waals surface area (Å²) < 4.78 is 15.7. The highest BCUT2D eigenvalue weighted by Crippen LogP contribution is 2.25. The number of carboxylic acid groups (broad SMARTS) is 1. The van der Waals surface area contributed by atoms with E-state index in [4.69, 9.17) is 13.9 Å². The number of carboxylic acids is 1. The highest BCUT2D eigenvalue weighted by atomic mass is 16.5. The van der Waals surface area contributed by atoms with Gasteiger partial charge in [-0.1, -0.05) is 42.5 Å². The maximum absolute atomic E-state index is 12.2. The summed E-state index contributed by atoms with van der Waals surface area (Å²) in [6.45, 7) is 0. The van der Waals surface area contributed by atoms with Gasteiger partial charge in [0.05, 0.1) is 25.4 Å². The molecule has 0 amide bonds. The Hall–Kier alpha value is -4.06. The molecule has 0 saturated carbocycles. The van der Waals surface area contributed by atoms with Gasteiger partial charge in [0.15, 0.2) is 0 Å². The summed E-state index contributed by atoms with van der Waals surface area (Å²) in [5.74, 6) is -0.228. The molecule has 152 valence electrons. The van der Waals surface area contributed by atoms with Crippen molar-refractivity contribution >= 4 is 35.2 Å². The Labute approximate surface area is 173 Å². The number of hydrogen-bond donors (Lipinski definition) is 1. The van der Waals surface area contributed by atoms with Gasteiger partial charge < -0.3 is 19.0 Å². The van der Waals surface area contributed by atoms with Crippen LogP contribution in [-0.2, 0) is 14.3 Å². The Kier molecular flexibility index (Phi) is 6.49. The van der Waals surface area contributed by atoms with Crippen LogP contribution in [0, 0.1) is 0 Å². The first-order valence-electron chi connectivity index (χ1n) is 9.06. The molecule has 1 heterocycles. The maximum atomic E-state index is 12.2. The molecular weight excluding hydrogens is 384 g/mol. The number of carbonyl (C=O) groups is 2. The molecular formula is C24H20O6. The first kappa shape index (κ1) is 20.7. The minimum Gasteiger partial charge on any atom is -0.497 e. The number of hydrogen-bond acceptors (Lipinski definition) is 5. The van der Waals surface area contributed by atoms with E-state index < -0.39 is 11.9 Å². The minimum absolute atomic E-state index is 0.0683. The van der Waals surface area contributed by atoms with Crippen molar-refractivity contribution in [2.45, 2.75) is 0 Å². The second kappa shape index (κ2) is 9.43. The number of esters is 1. The van der Waals surface area contributed by atoms with Gasteiger partial charge >= 0.3 is 11.9 Å².